The first-order chi connectivity index (χ1) is 14.9. The van der Waals surface area contributed by atoms with E-state index in [0.29, 0.717) is 0 Å². The fraction of sp³-hybridized carbons (Fsp3) is 0.261. The Morgan fingerprint density at radius 3 is 2.10 bits per heavy atom. The van der Waals surface area contributed by atoms with Crippen molar-refractivity contribution in [3.05, 3.63) is 72.3 Å². The number of ether oxygens (including phenoxy) is 2. The Kier molecular flexibility index (Phi) is 6.92. The lowest BCUT2D eigenvalue weighted by atomic mass is 9.98. The van der Waals surface area contributed by atoms with E-state index in [0.717, 1.165) is 22.3 Å². The van der Waals surface area contributed by atoms with Crippen molar-refractivity contribution in [1.82, 2.24) is 10.6 Å². The van der Waals surface area contributed by atoms with Gasteiger partial charge in [0.05, 0.1) is 6.04 Å². The molecule has 0 saturated carbocycles. The lowest BCUT2D eigenvalue weighted by Crippen LogP contribution is -2.54. The summed E-state index contributed by atoms with van der Waals surface area (Å²) >= 11 is 0. The third kappa shape index (κ3) is 5.03. The maximum atomic E-state index is 12.3. The molecule has 1 aliphatic carbocycles. The molecule has 0 saturated heterocycles. The van der Waals surface area contributed by atoms with Crippen LogP contribution >= 0.6 is 0 Å². The van der Waals surface area contributed by atoms with Crippen LogP contribution in [0.4, 0.5) is 9.59 Å². The first kappa shape index (κ1) is 21.9. The minimum Gasteiger partial charge on any atom is -0.480 e. The van der Waals surface area contributed by atoms with Crippen LogP contribution in [0.1, 0.15) is 24.0 Å². The van der Waals surface area contributed by atoms with Gasteiger partial charge >= 0.3 is 18.2 Å². The van der Waals surface area contributed by atoms with E-state index >= 15 is 0 Å². The summed E-state index contributed by atoms with van der Waals surface area (Å²) < 4.78 is 10.1. The molecule has 0 aliphatic heterocycles. The van der Waals surface area contributed by atoms with Crippen molar-refractivity contribution in [1.29, 1.82) is 0 Å². The van der Waals surface area contributed by atoms with Gasteiger partial charge in [0.2, 0.25) is 0 Å². The first-order valence-corrected chi connectivity index (χ1v) is 9.81. The predicted octanol–water partition coefficient (Wildman–Crippen LogP) is 3.28. The van der Waals surface area contributed by atoms with E-state index in [1.165, 1.54) is 13.0 Å². The zero-order valence-electron chi connectivity index (χ0n) is 17.0. The molecule has 0 bridgehead atoms. The van der Waals surface area contributed by atoms with Crippen molar-refractivity contribution >= 4 is 18.2 Å². The highest BCUT2D eigenvalue weighted by Gasteiger charge is 2.31. The number of nitrogens with one attached hydrogen (secondary N) is 2. The normalized spacial score (nSPS) is 13.8. The number of carboxylic acids is 1. The van der Waals surface area contributed by atoms with Gasteiger partial charge in [-0.1, -0.05) is 61.2 Å². The monoisotopic (exact) mass is 424 g/mol. The van der Waals surface area contributed by atoms with Crippen LogP contribution in [0.15, 0.2) is 61.2 Å². The molecule has 31 heavy (non-hydrogen) atoms. The number of alkyl carbamates (subject to hydrolysis) is 2. The third-order valence-electron chi connectivity index (χ3n) is 5.06. The molecule has 0 fully saturated rings. The van der Waals surface area contributed by atoms with Crippen LogP contribution in [0, 0.1) is 0 Å². The maximum absolute atomic E-state index is 12.3. The molecule has 0 spiro atoms. The summed E-state index contributed by atoms with van der Waals surface area (Å²) in [4.78, 5) is 35.6. The van der Waals surface area contributed by atoms with E-state index in [1.807, 2.05) is 48.5 Å². The van der Waals surface area contributed by atoms with E-state index in [2.05, 4.69) is 17.2 Å². The SMILES string of the molecule is C=CCOC(=O)N[C@@H](C)[C@H](NC(=O)OCC1c2ccccc2-c2ccccc21)C(=O)O. The molecular weight excluding hydrogens is 400 g/mol. The van der Waals surface area contributed by atoms with E-state index in [1.54, 1.807) is 0 Å². The Hall–Kier alpha value is -3.81. The second-order valence-corrected chi connectivity index (χ2v) is 7.11. The van der Waals surface area contributed by atoms with Crippen molar-refractivity contribution in [3.63, 3.8) is 0 Å². The van der Waals surface area contributed by atoms with Gasteiger partial charge in [-0.2, -0.15) is 0 Å². The molecule has 162 valence electrons. The summed E-state index contributed by atoms with van der Waals surface area (Å²) in [5.41, 5.74) is 4.27. The highest BCUT2D eigenvalue weighted by molar-refractivity contribution is 5.82. The number of aliphatic carboxylic acids is 1. The van der Waals surface area contributed by atoms with Gasteiger partial charge < -0.3 is 25.2 Å². The standard InChI is InChI=1S/C23H24N2O6/c1-3-12-30-22(28)24-14(2)20(21(26)27)25-23(29)31-13-19-17-10-6-4-8-15(17)16-9-5-7-11-18(16)19/h3-11,14,19-20H,1,12-13H2,2H3,(H,24,28)(H,25,29)(H,26,27)/t14-,20-/m0/s1. The predicted molar refractivity (Wildman–Crippen MR) is 114 cm³/mol. The molecule has 2 aromatic rings. The van der Waals surface area contributed by atoms with E-state index < -0.39 is 30.2 Å². The van der Waals surface area contributed by atoms with Gasteiger partial charge in [-0.3, -0.25) is 0 Å². The van der Waals surface area contributed by atoms with Gasteiger partial charge in [-0.15, -0.1) is 0 Å². The number of fused-ring (bicyclic) bond motifs is 3. The average Bonchev–Trinajstić information content (AvgIpc) is 3.08. The van der Waals surface area contributed by atoms with Crippen molar-refractivity contribution in [3.8, 4) is 11.1 Å². The molecule has 2 aromatic carbocycles. The van der Waals surface area contributed by atoms with Gasteiger partial charge in [0.1, 0.15) is 19.3 Å². The smallest absolute Gasteiger partial charge is 0.407 e. The van der Waals surface area contributed by atoms with E-state index in [4.69, 9.17) is 9.47 Å². The van der Waals surface area contributed by atoms with Crippen LogP contribution in [0.25, 0.3) is 11.1 Å². The van der Waals surface area contributed by atoms with Crippen LogP contribution in [0.2, 0.25) is 0 Å². The number of rotatable bonds is 8. The number of carboxylic acid groups (broad SMARTS) is 1. The van der Waals surface area contributed by atoms with Gasteiger partial charge in [0, 0.05) is 5.92 Å². The Morgan fingerprint density at radius 1 is 1.00 bits per heavy atom. The number of benzene rings is 2. The van der Waals surface area contributed by atoms with Crippen LogP contribution in [-0.4, -0.2) is 48.6 Å². The number of hydrogen-bond acceptors (Lipinski definition) is 5. The van der Waals surface area contributed by atoms with Gasteiger partial charge in [0.25, 0.3) is 0 Å². The van der Waals surface area contributed by atoms with Crippen LogP contribution in [-0.2, 0) is 14.3 Å². The lowest BCUT2D eigenvalue weighted by Gasteiger charge is -2.22. The maximum Gasteiger partial charge on any atom is 0.407 e. The van der Waals surface area contributed by atoms with Gasteiger partial charge in [0.15, 0.2) is 0 Å². The van der Waals surface area contributed by atoms with E-state index in [9.17, 15) is 19.5 Å². The molecule has 0 radical (unpaired) electrons. The number of hydrogen-bond donors (Lipinski definition) is 3. The summed E-state index contributed by atoms with van der Waals surface area (Å²) in [7, 11) is 0. The topological polar surface area (TPSA) is 114 Å². The molecule has 1 aliphatic rings. The molecule has 0 unspecified atom stereocenters. The second kappa shape index (κ2) is 9.80. The Bertz CT molecular complexity index is 944. The molecule has 0 aromatic heterocycles. The van der Waals surface area contributed by atoms with Crippen LogP contribution < -0.4 is 10.6 Å². The van der Waals surface area contributed by atoms with Crippen molar-refractivity contribution < 1.29 is 29.0 Å². The largest absolute Gasteiger partial charge is 0.480 e. The van der Waals surface area contributed by atoms with Crippen LogP contribution in [0.3, 0.4) is 0 Å². The molecular formula is C23H24N2O6. The molecule has 8 nitrogen and oxygen atoms in total. The second-order valence-electron chi connectivity index (χ2n) is 7.11. The number of carbonyl (C=O) groups is 3. The summed E-state index contributed by atoms with van der Waals surface area (Å²) in [6.45, 7) is 4.90. The minimum atomic E-state index is -1.40. The summed E-state index contributed by atoms with van der Waals surface area (Å²) in [5, 5.41) is 14.1. The highest BCUT2D eigenvalue weighted by atomic mass is 16.6. The van der Waals surface area contributed by atoms with Crippen molar-refractivity contribution in [2.24, 2.45) is 0 Å². The molecule has 2 amide bonds. The summed E-state index contributed by atoms with van der Waals surface area (Å²) in [5.74, 6) is -1.46. The number of carbonyl (C=O) groups excluding carboxylic acids is 2. The Morgan fingerprint density at radius 2 is 1.55 bits per heavy atom. The van der Waals surface area contributed by atoms with Crippen molar-refractivity contribution in [2.45, 2.75) is 24.9 Å². The van der Waals surface area contributed by atoms with Crippen molar-refractivity contribution in [2.75, 3.05) is 13.2 Å². The average molecular weight is 424 g/mol. The Labute approximate surface area is 179 Å². The zero-order valence-corrected chi connectivity index (χ0v) is 17.0. The summed E-state index contributed by atoms with van der Waals surface area (Å²) in [6, 6.07) is 13.5. The number of amides is 2. The lowest BCUT2D eigenvalue weighted by molar-refractivity contribution is -0.139. The molecule has 8 heteroatoms. The quantitative estimate of drug-likeness (QED) is 0.561. The van der Waals surface area contributed by atoms with E-state index in [-0.39, 0.29) is 19.1 Å². The fourth-order valence-corrected chi connectivity index (χ4v) is 3.61. The summed E-state index contributed by atoms with van der Waals surface area (Å²) in [6.07, 6.45) is -0.316. The zero-order chi connectivity index (χ0) is 22.4. The molecule has 3 N–H and O–H groups in total. The Balaban J connectivity index is 1.63. The molecule has 2 atom stereocenters. The fourth-order valence-electron chi connectivity index (χ4n) is 3.61. The first-order valence-electron chi connectivity index (χ1n) is 9.81. The molecule has 0 heterocycles. The molecule has 3 rings (SSSR count). The minimum absolute atomic E-state index is 0.0178. The van der Waals surface area contributed by atoms with Gasteiger partial charge in [-0.05, 0) is 29.2 Å². The highest BCUT2D eigenvalue weighted by Crippen LogP contribution is 2.44. The third-order valence-corrected chi connectivity index (χ3v) is 5.06. The van der Waals surface area contributed by atoms with Gasteiger partial charge in [-0.25, -0.2) is 14.4 Å². The van der Waals surface area contributed by atoms with Crippen LogP contribution in [0.5, 0.6) is 0 Å².